The number of rotatable bonds is 11. The molecule has 0 spiro atoms. The van der Waals surface area contributed by atoms with Crippen LogP contribution < -0.4 is 11.1 Å². The number of carbonyl (C=O) groups excluding carboxylic acids is 1. The Kier molecular flexibility index (Phi) is 9.50. The molecule has 0 aliphatic carbocycles. The first-order valence-electron chi connectivity index (χ1n) is 11.8. The zero-order chi connectivity index (χ0) is 25.4. The van der Waals surface area contributed by atoms with Crippen LogP contribution in [0.5, 0.6) is 0 Å². The van der Waals surface area contributed by atoms with E-state index in [9.17, 15) is 18.3 Å². The fraction of sp³-hybridized carbons (Fsp3) is 0.480. The van der Waals surface area contributed by atoms with Crippen LogP contribution in [-0.4, -0.2) is 68.5 Å². The number of nitrogens with zero attached hydrogens (tertiary/aromatic N) is 1. The van der Waals surface area contributed by atoms with Crippen LogP contribution in [0.15, 0.2) is 59.5 Å². The summed E-state index contributed by atoms with van der Waals surface area (Å²) in [5.74, 6) is 0.0126. The van der Waals surface area contributed by atoms with Gasteiger partial charge in [0.1, 0.15) is 6.10 Å². The Morgan fingerprint density at radius 3 is 2.46 bits per heavy atom. The van der Waals surface area contributed by atoms with Crippen molar-refractivity contribution in [1.29, 1.82) is 0 Å². The average molecular weight is 506 g/mol. The molecule has 0 radical (unpaired) electrons. The maximum Gasteiger partial charge on any atom is 0.407 e. The third kappa shape index (κ3) is 7.93. The third-order valence-electron chi connectivity index (χ3n) is 5.71. The first-order valence-corrected chi connectivity index (χ1v) is 13.2. The number of carbonyl (C=O) groups is 1. The van der Waals surface area contributed by atoms with Crippen molar-refractivity contribution in [2.24, 2.45) is 5.92 Å². The standard InChI is InChI=1S/C25H35N3O6S/c1-18(2)15-28(35(31,32)22-10-8-20(26)9-11-22)16-24(29)23(14-19-6-4-3-5-7-19)27-25(30)34-21-12-13-33-17-21/h3-11,18,21,23-24,29H,12-17,26H2,1-2H3,(H,27,30)/t21-,23+,24-/m1/s1. The van der Waals surface area contributed by atoms with Gasteiger partial charge in [0.05, 0.1) is 30.3 Å². The number of aliphatic hydroxyl groups excluding tert-OH is 1. The lowest BCUT2D eigenvalue weighted by Gasteiger charge is -2.30. The van der Waals surface area contributed by atoms with Crippen molar-refractivity contribution in [2.45, 2.75) is 49.8 Å². The topological polar surface area (TPSA) is 131 Å². The Bertz CT molecular complexity index is 1040. The summed E-state index contributed by atoms with van der Waals surface area (Å²) in [5.41, 5.74) is 7.06. The first kappa shape index (κ1) is 26.9. The van der Waals surface area contributed by atoms with Crippen molar-refractivity contribution in [2.75, 3.05) is 32.0 Å². The SMILES string of the molecule is CC(C)CN(C[C@@H](O)[C@H](Cc1ccccc1)NC(=O)O[C@@H]1CCOC1)S(=O)(=O)c1ccc(N)cc1. The summed E-state index contributed by atoms with van der Waals surface area (Å²) in [7, 11) is -3.90. The lowest BCUT2D eigenvalue weighted by atomic mass is 10.0. The summed E-state index contributed by atoms with van der Waals surface area (Å²) in [6.07, 6.45) is -1.29. The normalized spacial score (nSPS) is 17.9. The van der Waals surface area contributed by atoms with E-state index < -0.39 is 28.3 Å². The highest BCUT2D eigenvalue weighted by atomic mass is 32.2. The van der Waals surface area contributed by atoms with Gasteiger partial charge in [-0.1, -0.05) is 44.2 Å². The fourth-order valence-electron chi connectivity index (χ4n) is 3.90. The van der Waals surface area contributed by atoms with Crippen molar-refractivity contribution in [3.05, 3.63) is 60.2 Å². The van der Waals surface area contributed by atoms with Gasteiger partial charge in [0.15, 0.2) is 0 Å². The largest absolute Gasteiger partial charge is 0.444 e. The number of sulfonamides is 1. The number of nitrogen functional groups attached to an aromatic ring is 1. The molecule has 1 saturated heterocycles. The van der Waals surface area contributed by atoms with Gasteiger partial charge in [0.25, 0.3) is 0 Å². The molecule has 1 amide bonds. The molecule has 0 bridgehead atoms. The molecule has 10 heteroatoms. The molecule has 9 nitrogen and oxygen atoms in total. The highest BCUT2D eigenvalue weighted by Crippen LogP contribution is 2.20. The van der Waals surface area contributed by atoms with Gasteiger partial charge in [-0.15, -0.1) is 0 Å². The van der Waals surface area contributed by atoms with Gasteiger partial charge in [-0.3, -0.25) is 0 Å². The van der Waals surface area contributed by atoms with Gasteiger partial charge in [0, 0.05) is 25.2 Å². The zero-order valence-corrected chi connectivity index (χ0v) is 21.0. The lowest BCUT2D eigenvalue weighted by Crippen LogP contribution is -2.51. The summed E-state index contributed by atoms with van der Waals surface area (Å²) in [5, 5.41) is 13.9. The maximum absolute atomic E-state index is 13.4. The second kappa shape index (κ2) is 12.3. The number of ether oxygens (including phenoxy) is 2. The van der Waals surface area contributed by atoms with Crippen molar-refractivity contribution < 1.29 is 27.8 Å². The van der Waals surface area contributed by atoms with E-state index in [-0.39, 0.29) is 30.0 Å². The van der Waals surface area contributed by atoms with Crippen LogP contribution in [0, 0.1) is 5.92 Å². The summed E-state index contributed by atoms with van der Waals surface area (Å²) in [4.78, 5) is 12.7. The summed E-state index contributed by atoms with van der Waals surface area (Å²) >= 11 is 0. The van der Waals surface area contributed by atoms with Crippen LogP contribution in [0.3, 0.4) is 0 Å². The van der Waals surface area contributed by atoms with Crippen molar-refractivity contribution >= 4 is 21.8 Å². The van der Waals surface area contributed by atoms with Crippen LogP contribution in [-0.2, 0) is 25.9 Å². The Labute approximate surface area is 207 Å². The molecule has 192 valence electrons. The van der Waals surface area contributed by atoms with Gasteiger partial charge in [0.2, 0.25) is 10.0 Å². The maximum atomic E-state index is 13.4. The monoisotopic (exact) mass is 505 g/mol. The molecular formula is C25H35N3O6S. The van der Waals surface area contributed by atoms with E-state index in [4.69, 9.17) is 15.2 Å². The molecule has 3 atom stereocenters. The van der Waals surface area contributed by atoms with E-state index in [1.165, 1.54) is 28.6 Å². The number of alkyl carbamates (subject to hydrolysis) is 1. The fourth-order valence-corrected chi connectivity index (χ4v) is 5.52. The Morgan fingerprint density at radius 2 is 1.86 bits per heavy atom. The zero-order valence-electron chi connectivity index (χ0n) is 20.2. The molecule has 0 saturated carbocycles. The second-order valence-corrected chi connectivity index (χ2v) is 11.1. The third-order valence-corrected chi connectivity index (χ3v) is 7.55. The van der Waals surface area contributed by atoms with E-state index in [0.29, 0.717) is 31.7 Å². The molecule has 2 aromatic rings. The first-order chi connectivity index (χ1) is 16.6. The highest BCUT2D eigenvalue weighted by molar-refractivity contribution is 7.89. The number of hydrogen-bond donors (Lipinski definition) is 3. The molecular weight excluding hydrogens is 470 g/mol. The minimum Gasteiger partial charge on any atom is -0.444 e. The minimum absolute atomic E-state index is 0.0126. The van der Waals surface area contributed by atoms with Crippen LogP contribution in [0.1, 0.15) is 25.8 Å². The van der Waals surface area contributed by atoms with E-state index in [1.54, 1.807) is 0 Å². The molecule has 0 aromatic heterocycles. The number of benzene rings is 2. The second-order valence-electron chi connectivity index (χ2n) is 9.18. The van der Waals surface area contributed by atoms with Crippen LogP contribution in [0.2, 0.25) is 0 Å². The molecule has 1 aliphatic rings. The molecule has 1 aliphatic heterocycles. The molecule has 0 unspecified atom stereocenters. The number of nitrogens with one attached hydrogen (secondary N) is 1. The van der Waals surface area contributed by atoms with E-state index in [1.807, 2.05) is 44.2 Å². The molecule has 4 N–H and O–H groups in total. The summed E-state index contributed by atoms with van der Waals surface area (Å²) < 4.78 is 38.7. The van der Waals surface area contributed by atoms with Crippen LogP contribution >= 0.6 is 0 Å². The van der Waals surface area contributed by atoms with Gasteiger partial charge < -0.3 is 25.6 Å². The minimum atomic E-state index is -3.90. The van der Waals surface area contributed by atoms with Crippen molar-refractivity contribution in [3.8, 4) is 0 Å². The van der Waals surface area contributed by atoms with E-state index in [0.717, 1.165) is 5.56 Å². The lowest BCUT2D eigenvalue weighted by molar-refractivity contribution is 0.0644. The average Bonchev–Trinajstić information content (AvgIpc) is 3.31. The molecule has 35 heavy (non-hydrogen) atoms. The Hall–Kier alpha value is -2.66. The quantitative estimate of drug-likeness (QED) is 0.400. The summed E-state index contributed by atoms with van der Waals surface area (Å²) in [6.45, 7) is 4.67. The number of anilines is 1. The van der Waals surface area contributed by atoms with Gasteiger partial charge >= 0.3 is 6.09 Å². The molecule has 1 heterocycles. The Morgan fingerprint density at radius 1 is 1.17 bits per heavy atom. The Balaban J connectivity index is 1.80. The van der Waals surface area contributed by atoms with E-state index >= 15 is 0 Å². The van der Waals surface area contributed by atoms with Crippen LogP contribution in [0.25, 0.3) is 0 Å². The van der Waals surface area contributed by atoms with Crippen molar-refractivity contribution in [3.63, 3.8) is 0 Å². The predicted octanol–water partition coefficient (Wildman–Crippen LogP) is 2.40. The number of hydrogen-bond acceptors (Lipinski definition) is 7. The van der Waals surface area contributed by atoms with Crippen molar-refractivity contribution in [1.82, 2.24) is 9.62 Å². The van der Waals surface area contributed by atoms with E-state index in [2.05, 4.69) is 5.32 Å². The molecule has 2 aromatic carbocycles. The molecule has 1 fully saturated rings. The number of nitrogens with two attached hydrogens (primary N) is 1. The van der Waals surface area contributed by atoms with Gasteiger partial charge in [-0.05, 0) is 42.2 Å². The van der Waals surface area contributed by atoms with Crippen LogP contribution in [0.4, 0.5) is 10.5 Å². The smallest absolute Gasteiger partial charge is 0.407 e. The molecule has 3 rings (SSSR count). The number of amides is 1. The predicted molar refractivity (Wildman–Crippen MR) is 133 cm³/mol. The highest BCUT2D eigenvalue weighted by Gasteiger charge is 2.32. The number of aliphatic hydroxyl groups is 1. The van der Waals surface area contributed by atoms with Gasteiger partial charge in [-0.25, -0.2) is 13.2 Å². The summed E-state index contributed by atoms with van der Waals surface area (Å²) in [6, 6.07) is 14.6. The van der Waals surface area contributed by atoms with Gasteiger partial charge in [-0.2, -0.15) is 4.31 Å².